The van der Waals surface area contributed by atoms with Crippen molar-refractivity contribution in [3.8, 4) is 0 Å². The van der Waals surface area contributed by atoms with Crippen LogP contribution in [0.15, 0.2) is 58.3 Å². The lowest BCUT2D eigenvalue weighted by Crippen LogP contribution is -2.37. The summed E-state index contributed by atoms with van der Waals surface area (Å²) < 4.78 is 6.63. The molecule has 0 unspecified atom stereocenters. The van der Waals surface area contributed by atoms with Crippen LogP contribution in [0, 0.1) is 0 Å². The van der Waals surface area contributed by atoms with E-state index in [4.69, 9.17) is 4.74 Å². The van der Waals surface area contributed by atoms with Gasteiger partial charge in [-0.25, -0.2) is 4.79 Å². The molecule has 31 heavy (non-hydrogen) atoms. The Hall–Kier alpha value is -3.27. The minimum absolute atomic E-state index is 0.000859. The van der Waals surface area contributed by atoms with E-state index in [1.54, 1.807) is 0 Å². The van der Waals surface area contributed by atoms with Crippen molar-refractivity contribution in [2.75, 3.05) is 18.1 Å². The van der Waals surface area contributed by atoms with Crippen LogP contribution >= 0.6 is 0 Å². The quantitative estimate of drug-likeness (QED) is 0.475. The molecule has 0 aliphatic carbocycles. The summed E-state index contributed by atoms with van der Waals surface area (Å²) in [5.74, 6) is 0. The number of ether oxygens (including phenoxy) is 1. The Morgan fingerprint density at radius 3 is 2.68 bits per heavy atom. The molecule has 1 saturated heterocycles. The van der Waals surface area contributed by atoms with Gasteiger partial charge in [0.25, 0.3) is 5.56 Å². The Balaban J connectivity index is 1.57. The van der Waals surface area contributed by atoms with Gasteiger partial charge in [0.15, 0.2) is 0 Å². The zero-order valence-electron chi connectivity index (χ0n) is 16.7. The highest BCUT2D eigenvalue weighted by molar-refractivity contribution is 5.83. The fourth-order valence-corrected chi connectivity index (χ4v) is 3.82. The molecule has 2 heterocycles. The van der Waals surface area contributed by atoms with Gasteiger partial charge in [0.05, 0.1) is 12.7 Å². The van der Waals surface area contributed by atoms with Crippen LogP contribution in [-0.4, -0.2) is 51.5 Å². The fourth-order valence-electron chi connectivity index (χ4n) is 3.82. The maximum Gasteiger partial charge on any atom is 0.330 e. The second-order valence-electron chi connectivity index (χ2n) is 7.53. The molecule has 4 rings (SSSR count). The number of aromatic nitrogens is 2. The fraction of sp³-hybridized carbons (Fsp3) is 0.318. The number of carbonyl (C=O) groups is 1. The van der Waals surface area contributed by atoms with Gasteiger partial charge in [0, 0.05) is 19.2 Å². The standard InChI is InChI=1S/C22H23N3O6/c26-12-19-18(28)10-20(31-19)25-11-17(21(29)23-22(25)30)24(13-27)8-7-14-5-6-15-3-1-2-4-16(15)9-14/h1-6,9,11,13,18-20,26,28H,7-8,10,12H2,(H,23,29,30)/t18-,19+,20+/m0/s1. The summed E-state index contributed by atoms with van der Waals surface area (Å²) in [7, 11) is 0. The van der Waals surface area contributed by atoms with Gasteiger partial charge in [-0.15, -0.1) is 0 Å². The van der Waals surface area contributed by atoms with Crippen LogP contribution in [0.3, 0.4) is 0 Å². The number of amides is 1. The molecule has 0 bridgehead atoms. The van der Waals surface area contributed by atoms with Crippen LogP contribution in [0.4, 0.5) is 5.69 Å². The van der Waals surface area contributed by atoms with E-state index in [0.29, 0.717) is 12.8 Å². The van der Waals surface area contributed by atoms with Gasteiger partial charge in [0.1, 0.15) is 18.0 Å². The highest BCUT2D eigenvalue weighted by Gasteiger charge is 2.35. The van der Waals surface area contributed by atoms with Crippen molar-refractivity contribution in [2.45, 2.75) is 31.3 Å². The van der Waals surface area contributed by atoms with Crippen molar-refractivity contribution in [3.05, 3.63) is 75.1 Å². The number of nitrogens with one attached hydrogen (secondary N) is 1. The van der Waals surface area contributed by atoms with Gasteiger partial charge in [-0.2, -0.15) is 0 Å². The smallest absolute Gasteiger partial charge is 0.330 e. The van der Waals surface area contributed by atoms with Crippen molar-refractivity contribution in [1.29, 1.82) is 0 Å². The molecule has 1 aliphatic rings. The number of aliphatic hydroxyl groups excluding tert-OH is 2. The Labute approximate surface area is 177 Å². The normalized spacial score (nSPS) is 20.8. The van der Waals surface area contributed by atoms with Crippen molar-refractivity contribution in [1.82, 2.24) is 9.55 Å². The molecule has 0 radical (unpaired) electrons. The molecule has 0 spiro atoms. The third-order valence-electron chi connectivity index (χ3n) is 5.54. The zero-order valence-corrected chi connectivity index (χ0v) is 16.7. The molecule has 3 atom stereocenters. The first kappa shape index (κ1) is 21.0. The number of H-pyrrole nitrogens is 1. The van der Waals surface area contributed by atoms with E-state index in [0.717, 1.165) is 20.9 Å². The summed E-state index contributed by atoms with van der Waals surface area (Å²) in [5, 5.41) is 21.4. The Kier molecular flexibility index (Phi) is 5.99. The Morgan fingerprint density at radius 1 is 1.19 bits per heavy atom. The molecular formula is C22H23N3O6. The minimum Gasteiger partial charge on any atom is -0.394 e. The molecule has 9 nitrogen and oxygen atoms in total. The van der Waals surface area contributed by atoms with Gasteiger partial charge < -0.3 is 19.8 Å². The van der Waals surface area contributed by atoms with E-state index < -0.39 is 36.3 Å². The monoisotopic (exact) mass is 425 g/mol. The number of aliphatic hydroxyl groups is 2. The van der Waals surface area contributed by atoms with Gasteiger partial charge in [-0.3, -0.25) is 19.1 Å². The first-order valence-electron chi connectivity index (χ1n) is 9.99. The van der Waals surface area contributed by atoms with Crippen molar-refractivity contribution in [3.63, 3.8) is 0 Å². The number of rotatable bonds is 7. The van der Waals surface area contributed by atoms with E-state index in [1.807, 2.05) is 42.5 Å². The first-order valence-corrected chi connectivity index (χ1v) is 9.99. The third-order valence-corrected chi connectivity index (χ3v) is 5.54. The molecule has 1 aromatic heterocycles. The topological polar surface area (TPSA) is 125 Å². The minimum atomic E-state index is -0.938. The summed E-state index contributed by atoms with van der Waals surface area (Å²) in [4.78, 5) is 39.8. The summed E-state index contributed by atoms with van der Waals surface area (Å²) in [5.41, 5.74) is -0.404. The van der Waals surface area contributed by atoms with Crippen LogP contribution < -0.4 is 16.1 Å². The van der Waals surface area contributed by atoms with E-state index in [2.05, 4.69) is 4.98 Å². The Bertz CT molecular complexity index is 1200. The van der Waals surface area contributed by atoms with Crippen molar-refractivity contribution in [2.24, 2.45) is 0 Å². The van der Waals surface area contributed by atoms with E-state index in [1.165, 1.54) is 11.1 Å². The number of fused-ring (bicyclic) bond motifs is 1. The average Bonchev–Trinajstić information content (AvgIpc) is 3.15. The highest BCUT2D eigenvalue weighted by Crippen LogP contribution is 2.27. The SMILES string of the molecule is O=CN(CCc1ccc2ccccc2c1)c1cn([C@H]2C[C@H](O)[C@@H](CO)O2)c(=O)[nH]c1=O. The first-order chi connectivity index (χ1) is 15.0. The number of nitrogens with zero attached hydrogens (tertiary/aromatic N) is 2. The van der Waals surface area contributed by atoms with Crippen LogP contribution in [0.1, 0.15) is 18.2 Å². The predicted molar refractivity (Wildman–Crippen MR) is 114 cm³/mol. The largest absolute Gasteiger partial charge is 0.394 e. The zero-order chi connectivity index (χ0) is 22.0. The number of aromatic amines is 1. The van der Waals surface area contributed by atoms with Gasteiger partial charge in [-0.1, -0.05) is 42.5 Å². The average molecular weight is 425 g/mol. The van der Waals surface area contributed by atoms with E-state index in [-0.39, 0.29) is 18.7 Å². The van der Waals surface area contributed by atoms with Crippen LogP contribution in [-0.2, 0) is 16.0 Å². The second-order valence-corrected chi connectivity index (χ2v) is 7.53. The van der Waals surface area contributed by atoms with Crippen LogP contribution in [0.5, 0.6) is 0 Å². The molecule has 0 saturated carbocycles. The third kappa shape index (κ3) is 4.29. The molecule has 162 valence electrons. The number of hydrogen-bond donors (Lipinski definition) is 3. The summed E-state index contributed by atoms with van der Waals surface area (Å²) in [6.45, 7) is -0.161. The number of anilines is 1. The van der Waals surface area contributed by atoms with Gasteiger partial charge in [-0.05, 0) is 22.8 Å². The lowest BCUT2D eigenvalue weighted by atomic mass is 10.1. The molecule has 2 aromatic carbocycles. The van der Waals surface area contributed by atoms with E-state index >= 15 is 0 Å². The van der Waals surface area contributed by atoms with Crippen LogP contribution in [0.25, 0.3) is 10.8 Å². The predicted octanol–water partition coefficient (Wildman–Crippen LogP) is 0.536. The van der Waals surface area contributed by atoms with Gasteiger partial charge in [0.2, 0.25) is 6.41 Å². The second kappa shape index (κ2) is 8.84. The molecule has 1 fully saturated rings. The summed E-state index contributed by atoms with van der Waals surface area (Å²) >= 11 is 0. The molecule has 3 N–H and O–H groups in total. The number of carbonyl (C=O) groups excluding carboxylic acids is 1. The highest BCUT2D eigenvalue weighted by atomic mass is 16.5. The summed E-state index contributed by atoms with van der Waals surface area (Å²) in [6, 6.07) is 14.0. The Morgan fingerprint density at radius 2 is 1.97 bits per heavy atom. The molecule has 1 amide bonds. The van der Waals surface area contributed by atoms with Gasteiger partial charge >= 0.3 is 5.69 Å². The number of benzene rings is 2. The lowest BCUT2D eigenvalue weighted by Gasteiger charge is -2.20. The maximum absolute atomic E-state index is 12.4. The molecular weight excluding hydrogens is 402 g/mol. The maximum atomic E-state index is 12.4. The molecule has 1 aliphatic heterocycles. The summed E-state index contributed by atoms with van der Waals surface area (Å²) in [6.07, 6.45) is -0.227. The number of hydrogen-bond acceptors (Lipinski definition) is 6. The molecule has 9 heteroatoms. The van der Waals surface area contributed by atoms with Crippen molar-refractivity contribution < 1.29 is 19.7 Å². The van der Waals surface area contributed by atoms with E-state index in [9.17, 15) is 24.6 Å². The lowest BCUT2D eigenvalue weighted by molar-refractivity contribution is -0.107. The van der Waals surface area contributed by atoms with Crippen LogP contribution in [0.2, 0.25) is 0 Å². The van der Waals surface area contributed by atoms with Crippen molar-refractivity contribution >= 4 is 22.9 Å². The molecule has 3 aromatic rings.